The summed E-state index contributed by atoms with van der Waals surface area (Å²) in [7, 11) is 0. The Hall–Kier alpha value is -3.28. The molecule has 0 N–H and O–H groups in total. The summed E-state index contributed by atoms with van der Waals surface area (Å²) >= 11 is 0. The number of rotatable bonds is 4. The van der Waals surface area contributed by atoms with Crippen molar-refractivity contribution in [2.45, 2.75) is 20.3 Å². The predicted molar refractivity (Wildman–Crippen MR) is 117 cm³/mol. The molecule has 4 rings (SSSR count). The fourth-order valence-electron chi connectivity index (χ4n) is 4.28. The zero-order valence-corrected chi connectivity index (χ0v) is 17.7. The van der Waals surface area contributed by atoms with Gasteiger partial charge in [0.05, 0.1) is 16.8 Å². The standard InChI is InChI=1S/C25H25FN2O3/c1-16-11-17(2)14-28(13-16)24(29)15-31-25(30)21-12-23(18-7-9-19(26)10-8-18)27-22-6-4-3-5-20(21)22/h3-10,12,16-17H,11,13-15H2,1-2H3/t16-,17-/m0/s1. The lowest BCUT2D eigenvalue weighted by Gasteiger charge is -2.34. The van der Waals surface area contributed by atoms with Gasteiger partial charge in [0.1, 0.15) is 5.82 Å². The zero-order valence-electron chi connectivity index (χ0n) is 17.7. The van der Waals surface area contributed by atoms with Gasteiger partial charge in [-0.25, -0.2) is 14.2 Å². The molecule has 31 heavy (non-hydrogen) atoms. The normalized spacial score (nSPS) is 18.7. The number of halogens is 1. The third kappa shape index (κ3) is 4.74. The average molecular weight is 420 g/mol. The number of nitrogens with zero attached hydrogens (tertiary/aromatic N) is 2. The van der Waals surface area contributed by atoms with Crippen LogP contribution in [0.2, 0.25) is 0 Å². The second kappa shape index (κ2) is 8.84. The van der Waals surface area contributed by atoms with E-state index in [-0.39, 0.29) is 18.3 Å². The van der Waals surface area contributed by atoms with Crippen molar-refractivity contribution in [3.63, 3.8) is 0 Å². The molecule has 1 amide bonds. The molecule has 1 aliphatic rings. The quantitative estimate of drug-likeness (QED) is 0.574. The smallest absolute Gasteiger partial charge is 0.339 e. The number of para-hydroxylation sites is 1. The topological polar surface area (TPSA) is 59.5 Å². The summed E-state index contributed by atoms with van der Waals surface area (Å²) < 4.78 is 18.7. The molecule has 5 nitrogen and oxygen atoms in total. The van der Waals surface area contributed by atoms with Gasteiger partial charge in [0, 0.05) is 24.0 Å². The van der Waals surface area contributed by atoms with Gasteiger partial charge in [-0.3, -0.25) is 4.79 Å². The number of aromatic nitrogens is 1. The number of esters is 1. The number of pyridine rings is 1. The van der Waals surface area contributed by atoms with Crippen LogP contribution < -0.4 is 0 Å². The molecule has 0 spiro atoms. The Labute approximate surface area is 180 Å². The highest BCUT2D eigenvalue weighted by molar-refractivity contribution is 6.05. The fourth-order valence-corrected chi connectivity index (χ4v) is 4.28. The van der Waals surface area contributed by atoms with E-state index in [1.807, 2.05) is 12.1 Å². The molecule has 1 aliphatic heterocycles. The van der Waals surface area contributed by atoms with Crippen LogP contribution in [-0.2, 0) is 9.53 Å². The van der Waals surface area contributed by atoms with Crippen LogP contribution in [0.15, 0.2) is 54.6 Å². The summed E-state index contributed by atoms with van der Waals surface area (Å²) in [6, 6.07) is 14.8. The number of hydrogen-bond donors (Lipinski definition) is 0. The minimum absolute atomic E-state index is 0.177. The molecule has 1 saturated heterocycles. The molecule has 2 heterocycles. The van der Waals surface area contributed by atoms with Crippen LogP contribution in [0.5, 0.6) is 0 Å². The van der Waals surface area contributed by atoms with Gasteiger partial charge in [0.2, 0.25) is 0 Å². The molecule has 2 atom stereocenters. The number of hydrogen-bond acceptors (Lipinski definition) is 4. The van der Waals surface area contributed by atoms with Crippen molar-refractivity contribution in [3.05, 3.63) is 66.0 Å². The minimum Gasteiger partial charge on any atom is -0.452 e. The first kappa shape index (κ1) is 21.0. The maximum absolute atomic E-state index is 13.3. The second-order valence-electron chi connectivity index (χ2n) is 8.40. The highest BCUT2D eigenvalue weighted by Gasteiger charge is 2.26. The largest absolute Gasteiger partial charge is 0.452 e. The summed E-state index contributed by atoms with van der Waals surface area (Å²) in [5, 5.41) is 0.644. The molecule has 0 saturated carbocycles. The SMILES string of the molecule is C[C@H]1C[C@H](C)CN(C(=O)COC(=O)c2cc(-c3ccc(F)cc3)nc3ccccc23)C1. The first-order valence-electron chi connectivity index (χ1n) is 10.5. The molecule has 0 aliphatic carbocycles. The number of amides is 1. The van der Waals surface area contributed by atoms with Crippen molar-refractivity contribution in [2.75, 3.05) is 19.7 Å². The number of carbonyl (C=O) groups excluding carboxylic acids is 2. The van der Waals surface area contributed by atoms with E-state index in [0.717, 1.165) is 6.42 Å². The van der Waals surface area contributed by atoms with E-state index in [0.29, 0.717) is 52.6 Å². The summed E-state index contributed by atoms with van der Waals surface area (Å²) in [5.74, 6) is -0.224. The van der Waals surface area contributed by atoms with Crippen LogP contribution >= 0.6 is 0 Å². The van der Waals surface area contributed by atoms with Gasteiger partial charge in [0.15, 0.2) is 6.61 Å². The molecule has 1 aromatic heterocycles. The molecule has 3 aromatic rings. The summed E-state index contributed by atoms with van der Waals surface area (Å²) in [6.07, 6.45) is 1.10. The average Bonchev–Trinajstić information content (AvgIpc) is 2.76. The molecule has 0 unspecified atom stereocenters. The number of benzene rings is 2. The van der Waals surface area contributed by atoms with Crippen LogP contribution in [0.3, 0.4) is 0 Å². The number of ether oxygens (including phenoxy) is 1. The van der Waals surface area contributed by atoms with Gasteiger partial charge < -0.3 is 9.64 Å². The molecule has 2 aromatic carbocycles. The number of fused-ring (bicyclic) bond motifs is 1. The van der Waals surface area contributed by atoms with Crippen LogP contribution in [0.1, 0.15) is 30.6 Å². The third-order valence-corrected chi connectivity index (χ3v) is 5.62. The Kier molecular flexibility index (Phi) is 5.98. The van der Waals surface area contributed by atoms with E-state index < -0.39 is 5.97 Å². The van der Waals surface area contributed by atoms with E-state index in [4.69, 9.17) is 4.74 Å². The monoisotopic (exact) mass is 420 g/mol. The maximum atomic E-state index is 13.3. The van der Waals surface area contributed by atoms with E-state index >= 15 is 0 Å². The van der Waals surface area contributed by atoms with E-state index in [9.17, 15) is 14.0 Å². The first-order valence-corrected chi connectivity index (χ1v) is 10.5. The zero-order chi connectivity index (χ0) is 22.0. The lowest BCUT2D eigenvalue weighted by Crippen LogP contribution is -2.44. The van der Waals surface area contributed by atoms with Crippen molar-refractivity contribution in [1.29, 1.82) is 0 Å². The molecule has 160 valence electrons. The van der Waals surface area contributed by atoms with Gasteiger partial charge in [-0.1, -0.05) is 32.0 Å². The Balaban J connectivity index is 1.57. The van der Waals surface area contributed by atoms with Crippen LogP contribution in [0.4, 0.5) is 4.39 Å². The van der Waals surface area contributed by atoms with E-state index in [1.54, 1.807) is 35.2 Å². The highest BCUT2D eigenvalue weighted by atomic mass is 19.1. The van der Waals surface area contributed by atoms with Gasteiger partial charge in [-0.2, -0.15) is 0 Å². The van der Waals surface area contributed by atoms with Crippen LogP contribution in [-0.4, -0.2) is 41.5 Å². The van der Waals surface area contributed by atoms with Gasteiger partial charge in [-0.05, 0) is 54.7 Å². The molecular weight excluding hydrogens is 395 g/mol. The van der Waals surface area contributed by atoms with Crippen molar-refractivity contribution in [3.8, 4) is 11.3 Å². The molecule has 6 heteroatoms. The van der Waals surface area contributed by atoms with Crippen molar-refractivity contribution < 1.29 is 18.7 Å². The molecule has 0 radical (unpaired) electrons. The second-order valence-corrected chi connectivity index (χ2v) is 8.40. The molecular formula is C25H25FN2O3. The fraction of sp³-hybridized carbons (Fsp3) is 0.320. The predicted octanol–water partition coefficient (Wildman–Crippen LogP) is 4.70. The third-order valence-electron chi connectivity index (χ3n) is 5.62. The Morgan fingerprint density at radius 1 is 1.06 bits per heavy atom. The first-order chi connectivity index (χ1) is 14.9. The van der Waals surface area contributed by atoms with Crippen molar-refractivity contribution in [2.24, 2.45) is 11.8 Å². The minimum atomic E-state index is -0.576. The summed E-state index contributed by atoms with van der Waals surface area (Å²) in [4.78, 5) is 31.9. The maximum Gasteiger partial charge on any atom is 0.339 e. The van der Waals surface area contributed by atoms with Crippen LogP contribution in [0, 0.1) is 17.7 Å². The lowest BCUT2D eigenvalue weighted by atomic mass is 9.92. The molecule has 0 bridgehead atoms. The number of carbonyl (C=O) groups is 2. The van der Waals surface area contributed by atoms with Crippen LogP contribution in [0.25, 0.3) is 22.2 Å². The van der Waals surface area contributed by atoms with Crippen molar-refractivity contribution in [1.82, 2.24) is 9.88 Å². The Bertz CT molecular complexity index is 1100. The lowest BCUT2D eigenvalue weighted by molar-refractivity contribution is -0.137. The number of likely N-dealkylation sites (tertiary alicyclic amines) is 1. The van der Waals surface area contributed by atoms with Gasteiger partial charge in [-0.15, -0.1) is 0 Å². The number of piperidine rings is 1. The van der Waals surface area contributed by atoms with Crippen molar-refractivity contribution >= 4 is 22.8 Å². The summed E-state index contributed by atoms with van der Waals surface area (Å²) in [5.41, 5.74) is 2.18. The summed E-state index contributed by atoms with van der Waals surface area (Å²) in [6.45, 7) is 5.34. The Morgan fingerprint density at radius 3 is 2.45 bits per heavy atom. The van der Waals surface area contributed by atoms with E-state index in [2.05, 4.69) is 18.8 Å². The molecule has 1 fully saturated rings. The van der Waals surface area contributed by atoms with E-state index in [1.165, 1.54) is 12.1 Å². The highest BCUT2D eigenvalue weighted by Crippen LogP contribution is 2.26. The van der Waals surface area contributed by atoms with Gasteiger partial charge >= 0.3 is 5.97 Å². The van der Waals surface area contributed by atoms with Gasteiger partial charge in [0.25, 0.3) is 5.91 Å². The Morgan fingerprint density at radius 2 is 1.74 bits per heavy atom.